The summed E-state index contributed by atoms with van der Waals surface area (Å²) in [5, 5.41) is 2.74. The zero-order valence-electron chi connectivity index (χ0n) is 8.20. The Labute approximate surface area is 80.3 Å². The normalized spacial score (nSPS) is 9.00. The number of rotatable bonds is 3. The molecule has 13 heavy (non-hydrogen) atoms. The van der Waals surface area contributed by atoms with E-state index in [4.69, 9.17) is 9.46 Å². The minimum Gasteiger partial charge on any atom is -0.352 e. The predicted molar refractivity (Wildman–Crippen MR) is 52.5 cm³/mol. The standard InChI is InChI=1S/C8H15NO.HO2P/c1-6(2)5-9-8(10)7(3)4;1-3-2/h6H,3,5H2,1-2,4H3,(H,9,10);(H,1,2). The summed E-state index contributed by atoms with van der Waals surface area (Å²) in [6.45, 7) is 10.1. The van der Waals surface area contributed by atoms with Crippen molar-refractivity contribution in [2.24, 2.45) is 5.92 Å². The Balaban J connectivity index is 0. The van der Waals surface area contributed by atoms with Crippen LogP contribution in [0.1, 0.15) is 20.8 Å². The van der Waals surface area contributed by atoms with E-state index >= 15 is 0 Å². The lowest BCUT2D eigenvalue weighted by molar-refractivity contribution is -0.117. The van der Waals surface area contributed by atoms with Crippen LogP contribution in [0.25, 0.3) is 0 Å². The Morgan fingerprint density at radius 1 is 1.62 bits per heavy atom. The molecule has 4 nitrogen and oxygen atoms in total. The van der Waals surface area contributed by atoms with Gasteiger partial charge in [-0.1, -0.05) is 20.4 Å². The molecule has 0 unspecified atom stereocenters. The van der Waals surface area contributed by atoms with Gasteiger partial charge < -0.3 is 10.2 Å². The molecule has 0 saturated heterocycles. The van der Waals surface area contributed by atoms with Gasteiger partial charge in [0.05, 0.1) is 0 Å². The molecular formula is C8H16NO3P. The van der Waals surface area contributed by atoms with Crippen molar-refractivity contribution in [1.29, 1.82) is 0 Å². The van der Waals surface area contributed by atoms with Crippen LogP contribution in [0, 0.1) is 5.92 Å². The van der Waals surface area contributed by atoms with Crippen LogP contribution in [0.15, 0.2) is 12.2 Å². The smallest absolute Gasteiger partial charge is 0.324 e. The molecule has 0 spiro atoms. The van der Waals surface area contributed by atoms with E-state index in [0.717, 1.165) is 6.54 Å². The van der Waals surface area contributed by atoms with Gasteiger partial charge in [0, 0.05) is 12.1 Å². The van der Waals surface area contributed by atoms with Crippen molar-refractivity contribution < 1.29 is 14.3 Å². The van der Waals surface area contributed by atoms with Gasteiger partial charge in [0.15, 0.2) is 0 Å². The molecule has 0 heterocycles. The number of hydrogen-bond acceptors (Lipinski definition) is 2. The molecule has 0 aliphatic rings. The molecule has 0 atom stereocenters. The van der Waals surface area contributed by atoms with Gasteiger partial charge in [-0.25, -0.2) is 4.57 Å². The SMILES string of the molecule is C=C(C)C(=O)NCC(C)C.O=PO. The van der Waals surface area contributed by atoms with Crippen LogP contribution in [-0.2, 0) is 9.36 Å². The topological polar surface area (TPSA) is 66.4 Å². The van der Waals surface area contributed by atoms with E-state index in [1.54, 1.807) is 6.92 Å². The summed E-state index contributed by atoms with van der Waals surface area (Å²) in [7, 11) is -0.833. The van der Waals surface area contributed by atoms with E-state index in [2.05, 4.69) is 25.7 Å². The van der Waals surface area contributed by atoms with E-state index in [1.165, 1.54) is 0 Å². The van der Waals surface area contributed by atoms with E-state index in [0.29, 0.717) is 11.5 Å². The number of carbonyl (C=O) groups is 1. The van der Waals surface area contributed by atoms with Gasteiger partial charge in [0.2, 0.25) is 5.91 Å². The van der Waals surface area contributed by atoms with Crippen LogP contribution in [0.4, 0.5) is 0 Å². The monoisotopic (exact) mass is 205 g/mol. The molecule has 0 aromatic rings. The Bertz CT molecular complexity index is 180. The summed E-state index contributed by atoms with van der Waals surface area (Å²) in [6.07, 6.45) is 0. The first kappa shape index (κ1) is 14.8. The highest BCUT2D eigenvalue weighted by Crippen LogP contribution is 1.90. The maximum Gasteiger partial charge on any atom is 0.324 e. The fourth-order valence-electron chi connectivity index (χ4n) is 0.448. The van der Waals surface area contributed by atoms with Crippen LogP contribution < -0.4 is 5.32 Å². The third-order valence-corrected chi connectivity index (χ3v) is 1.06. The van der Waals surface area contributed by atoms with Crippen LogP contribution >= 0.6 is 8.69 Å². The van der Waals surface area contributed by atoms with E-state index in [1.807, 2.05) is 0 Å². The summed E-state index contributed by atoms with van der Waals surface area (Å²) in [6, 6.07) is 0. The Hall–Kier alpha value is -0.730. The van der Waals surface area contributed by atoms with Gasteiger partial charge in [-0.05, 0) is 12.8 Å². The Morgan fingerprint density at radius 2 is 2.00 bits per heavy atom. The maximum absolute atomic E-state index is 10.8. The summed E-state index contributed by atoms with van der Waals surface area (Å²) >= 11 is 0. The van der Waals surface area contributed by atoms with Crippen molar-refractivity contribution in [2.45, 2.75) is 20.8 Å². The lowest BCUT2D eigenvalue weighted by atomic mass is 10.2. The minimum atomic E-state index is -0.833. The molecule has 0 saturated carbocycles. The van der Waals surface area contributed by atoms with Gasteiger partial charge in [0.25, 0.3) is 0 Å². The van der Waals surface area contributed by atoms with Crippen molar-refractivity contribution in [2.75, 3.05) is 6.54 Å². The number of nitrogens with one attached hydrogen (secondary N) is 1. The number of hydrogen-bond donors (Lipinski definition) is 2. The fraction of sp³-hybridized carbons (Fsp3) is 0.625. The largest absolute Gasteiger partial charge is 0.352 e. The molecule has 2 N–H and O–H groups in total. The second-order valence-electron chi connectivity index (χ2n) is 2.97. The molecule has 0 aromatic carbocycles. The summed E-state index contributed by atoms with van der Waals surface area (Å²) < 4.78 is 8.46. The van der Waals surface area contributed by atoms with Gasteiger partial charge in [-0.15, -0.1) is 0 Å². The number of amides is 1. The van der Waals surface area contributed by atoms with Crippen molar-refractivity contribution in [1.82, 2.24) is 5.32 Å². The van der Waals surface area contributed by atoms with E-state index in [9.17, 15) is 4.79 Å². The Morgan fingerprint density at radius 3 is 2.23 bits per heavy atom. The van der Waals surface area contributed by atoms with Gasteiger partial charge >= 0.3 is 8.69 Å². The first-order valence-electron chi connectivity index (χ1n) is 3.86. The molecule has 0 aliphatic heterocycles. The van der Waals surface area contributed by atoms with Gasteiger partial charge in [0.1, 0.15) is 0 Å². The van der Waals surface area contributed by atoms with Crippen molar-refractivity contribution >= 4 is 14.6 Å². The van der Waals surface area contributed by atoms with Crippen LogP contribution in [0.2, 0.25) is 0 Å². The van der Waals surface area contributed by atoms with E-state index in [-0.39, 0.29) is 5.91 Å². The molecule has 0 aliphatic carbocycles. The molecular weight excluding hydrogens is 189 g/mol. The Kier molecular flexibility index (Phi) is 10.6. The highest BCUT2D eigenvalue weighted by Gasteiger charge is 2.00. The second kappa shape index (κ2) is 9.36. The minimum absolute atomic E-state index is 0.0475. The molecule has 0 aromatic heterocycles. The summed E-state index contributed by atoms with van der Waals surface area (Å²) in [5.41, 5.74) is 0.570. The molecule has 76 valence electrons. The third kappa shape index (κ3) is 14.2. The third-order valence-electron chi connectivity index (χ3n) is 1.06. The lowest BCUT2D eigenvalue weighted by Crippen LogP contribution is -2.27. The van der Waals surface area contributed by atoms with Crippen LogP contribution in [0.3, 0.4) is 0 Å². The summed E-state index contributed by atoms with van der Waals surface area (Å²) in [4.78, 5) is 17.8. The van der Waals surface area contributed by atoms with E-state index < -0.39 is 8.69 Å². The molecule has 0 bridgehead atoms. The highest BCUT2D eigenvalue weighted by atomic mass is 31.1. The zero-order valence-corrected chi connectivity index (χ0v) is 9.10. The van der Waals surface area contributed by atoms with Crippen molar-refractivity contribution in [3.8, 4) is 0 Å². The first-order valence-corrected chi connectivity index (χ1v) is 4.62. The predicted octanol–water partition coefficient (Wildman–Crippen LogP) is 1.52. The molecule has 1 amide bonds. The van der Waals surface area contributed by atoms with Gasteiger partial charge in [-0.2, -0.15) is 0 Å². The maximum atomic E-state index is 10.8. The van der Waals surface area contributed by atoms with Crippen molar-refractivity contribution in [3.05, 3.63) is 12.2 Å². The molecule has 0 rings (SSSR count). The van der Waals surface area contributed by atoms with Crippen molar-refractivity contribution in [3.63, 3.8) is 0 Å². The number of carbonyl (C=O) groups excluding carboxylic acids is 1. The molecule has 0 fully saturated rings. The van der Waals surface area contributed by atoms with Gasteiger partial charge in [-0.3, -0.25) is 4.79 Å². The van der Waals surface area contributed by atoms with Crippen LogP contribution in [0.5, 0.6) is 0 Å². The molecule has 5 heteroatoms. The summed E-state index contributed by atoms with van der Waals surface area (Å²) in [5.74, 6) is 0.456. The first-order chi connectivity index (χ1) is 5.95. The fourth-order valence-corrected chi connectivity index (χ4v) is 0.448. The average Bonchev–Trinajstić information content (AvgIpc) is 2.01. The quantitative estimate of drug-likeness (QED) is 0.542. The second-order valence-corrected chi connectivity index (χ2v) is 3.13. The average molecular weight is 205 g/mol. The van der Waals surface area contributed by atoms with Crippen LogP contribution in [-0.4, -0.2) is 17.3 Å². The highest BCUT2D eigenvalue weighted by molar-refractivity contribution is 7.16. The molecule has 0 radical (unpaired) electrons. The lowest BCUT2D eigenvalue weighted by Gasteiger charge is -2.05. The zero-order chi connectivity index (χ0) is 10.9.